The van der Waals surface area contributed by atoms with Gasteiger partial charge in [-0.25, -0.2) is 0 Å². The van der Waals surface area contributed by atoms with Crippen LogP contribution in [0.4, 0.5) is 0 Å². The van der Waals surface area contributed by atoms with Crippen LogP contribution in [0, 0.1) is 12.8 Å². The predicted molar refractivity (Wildman–Crippen MR) is 54.1 cm³/mol. The molecule has 2 nitrogen and oxygen atoms in total. The maximum Gasteiger partial charge on any atom is 0.261 e. The first-order chi connectivity index (χ1) is 6.25. The van der Waals surface area contributed by atoms with Gasteiger partial charge in [-0.15, -0.1) is 11.3 Å². The van der Waals surface area contributed by atoms with Crippen molar-refractivity contribution in [3.8, 4) is 0 Å². The van der Waals surface area contributed by atoms with E-state index < -0.39 is 0 Å². The minimum absolute atomic E-state index is 0.0880. The normalized spacial score (nSPS) is 15.8. The predicted octanol–water partition coefficient (Wildman–Crippen LogP) is 2.20. The molecule has 0 saturated heterocycles. The Morgan fingerprint density at radius 3 is 3.00 bits per heavy atom. The second-order valence-electron chi connectivity index (χ2n) is 3.64. The highest BCUT2D eigenvalue weighted by Crippen LogP contribution is 2.27. The van der Waals surface area contributed by atoms with E-state index in [9.17, 15) is 4.79 Å². The van der Waals surface area contributed by atoms with Gasteiger partial charge in [-0.3, -0.25) is 4.79 Å². The van der Waals surface area contributed by atoms with Gasteiger partial charge in [0.25, 0.3) is 5.91 Å². The third kappa shape index (κ3) is 2.31. The number of rotatable bonds is 3. The third-order valence-corrected chi connectivity index (χ3v) is 3.25. The molecule has 1 aliphatic rings. The van der Waals surface area contributed by atoms with Crippen molar-refractivity contribution in [2.75, 3.05) is 6.54 Å². The number of hydrogen-bond acceptors (Lipinski definition) is 2. The Balaban J connectivity index is 1.88. The molecule has 1 aromatic rings. The first-order valence-electron chi connectivity index (χ1n) is 4.59. The number of thiophene rings is 1. The van der Waals surface area contributed by atoms with Crippen molar-refractivity contribution in [2.24, 2.45) is 5.92 Å². The molecule has 0 aromatic carbocycles. The first-order valence-corrected chi connectivity index (χ1v) is 5.47. The fraction of sp³-hybridized carbons (Fsp3) is 0.500. The summed E-state index contributed by atoms with van der Waals surface area (Å²) < 4.78 is 0. The molecule has 70 valence electrons. The summed E-state index contributed by atoms with van der Waals surface area (Å²) in [5.74, 6) is 0.843. The maximum absolute atomic E-state index is 11.5. The lowest BCUT2D eigenvalue weighted by Gasteiger charge is -2.00. The quantitative estimate of drug-likeness (QED) is 0.787. The molecule has 0 radical (unpaired) electrons. The van der Waals surface area contributed by atoms with Crippen molar-refractivity contribution < 1.29 is 4.79 Å². The standard InChI is InChI=1S/C10H13NOS/c1-7-4-9(13-6-7)10(12)11-5-8-2-3-8/h4,6,8H,2-3,5H2,1H3,(H,11,12). The molecule has 1 fully saturated rings. The molecule has 0 aliphatic heterocycles. The smallest absolute Gasteiger partial charge is 0.261 e. The van der Waals surface area contributed by atoms with E-state index in [1.165, 1.54) is 29.7 Å². The summed E-state index contributed by atoms with van der Waals surface area (Å²) in [5, 5.41) is 4.95. The fourth-order valence-electron chi connectivity index (χ4n) is 1.20. The van der Waals surface area contributed by atoms with Crippen LogP contribution in [0.1, 0.15) is 28.1 Å². The summed E-state index contributed by atoms with van der Waals surface area (Å²) in [6.07, 6.45) is 2.56. The Morgan fingerprint density at radius 1 is 1.69 bits per heavy atom. The second-order valence-corrected chi connectivity index (χ2v) is 4.55. The maximum atomic E-state index is 11.5. The highest BCUT2D eigenvalue weighted by molar-refractivity contribution is 7.12. The second kappa shape index (κ2) is 3.50. The van der Waals surface area contributed by atoms with Gasteiger partial charge < -0.3 is 5.32 Å². The summed E-state index contributed by atoms with van der Waals surface area (Å²) in [6.45, 7) is 2.87. The van der Waals surface area contributed by atoms with E-state index in [1.807, 2.05) is 18.4 Å². The average molecular weight is 195 g/mol. The zero-order valence-electron chi connectivity index (χ0n) is 7.67. The molecule has 0 unspecified atom stereocenters. The van der Waals surface area contributed by atoms with Crippen molar-refractivity contribution in [3.05, 3.63) is 21.9 Å². The minimum atomic E-state index is 0.0880. The van der Waals surface area contributed by atoms with Gasteiger partial charge in [-0.1, -0.05) is 0 Å². The molecular weight excluding hydrogens is 182 g/mol. The van der Waals surface area contributed by atoms with E-state index in [0.717, 1.165) is 17.3 Å². The van der Waals surface area contributed by atoms with Gasteiger partial charge in [0.1, 0.15) is 0 Å². The monoisotopic (exact) mass is 195 g/mol. The van der Waals surface area contributed by atoms with Gasteiger partial charge in [0, 0.05) is 6.54 Å². The molecule has 3 heteroatoms. The van der Waals surface area contributed by atoms with E-state index in [0.29, 0.717) is 0 Å². The van der Waals surface area contributed by atoms with Crippen LogP contribution in [0.25, 0.3) is 0 Å². The number of carbonyl (C=O) groups is 1. The van der Waals surface area contributed by atoms with Crippen molar-refractivity contribution in [2.45, 2.75) is 19.8 Å². The number of nitrogens with one attached hydrogen (secondary N) is 1. The number of carbonyl (C=O) groups excluding carboxylic acids is 1. The molecule has 0 bridgehead atoms. The largest absolute Gasteiger partial charge is 0.351 e. The summed E-state index contributed by atoms with van der Waals surface area (Å²) in [4.78, 5) is 12.3. The summed E-state index contributed by atoms with van der Waals surface area (Å²) in [6, 6.07) is 1.94. The van der Waals surface area contributed by atoms with Gasteiger partial charge in [0.15, 0.2) is 0 Å². The lowest BCUT2D eigenvalue weighted by atomic mass is 10.3. The van der Waals surface area contributed by atoms with E-state index in [-0.39, 0.29) is 5.91 Å². The Kier molecular flexibility index (Phi) is 2.36. The third-order valence-electron chi connectivity index (χ3n) is 2.20. The zero-order valence-corrected chi connectivity index (χ0v) is 8.49. The molecular formula is C10H13NOS. The number of aryl methyl sites for hydroxylation is 1. The molecule has 1 saturated carbocycles. The zero-order chi connectivity index (χ0) is 9.26. The molecule has 1 aromatic heterocycles. The van der Waals surface area contributed by atoms with Crippen LogP contribution in [-0.4, -0.2) is 12.5 Å². The number of amides is 1. The van der Waals surface area contributed by atoms with E-state index >= 15 is 0 Å². The Hall–Kier alpha value is -0.830. The van der Waals surface area contributed by atoms with Gasteiger partial charge >= 0.3 is 0 Å². The van der Waals surface area contributed by atoms with Crippen LogP contribution >= 0.6 is 11.3 Å². The van der Waals surface area contributed by atoms with Crippen LogP contribution in [0.5, 0.6) is 0 Å². The SMILES string of the molecule is Cc1csc(C(=O)NCC2CC2)c1. The van der Waals surface area contributed by atoms with Crippen LogP contribution in [0.2, 0.25) is 0 Å². The average Bonchev–Trinajstić information content (AvgIpc) is 2.84. The van der Waals surface area contributed by atoms with E-state index in [1.54, 1.807) is 0 Å². The van der Waals surface area contributed by atoms with Crippen molar-refractivity contribution in [1.82, 2.24) is 5.32 Å². The van der Waals surface area contributed by atoms with Crippen molar-refractivity contribution in [3.63, 3.8) is 0 Å². The molecule has 1 aliphatic carbocycles. The van der Waals surface area contributed by atoms with E-state index in [2.05, 4.69) is 5.32 Å². The van der Waals surface area contributed by atoms with Crippen LogP contribution in [0.3, 0.4) is 0 Å². The van der Waals surface area contributed by atoms with Gasteiger partial charge in [-0.05, 0) is 42.7 Å². The van der Waals surface area contributed by atoms with Gasteiger partial charge in [0.2, 0.25) is 0 Å². The van der Waals surface area contributed by atoms with Crippen LogP contribution in [0.15, 0.2) is 11.4 Å². The molecule has 2 rings (SSSR count). The van der Waals surface area contributed by atoms with E-state index in [4.69, 9.17) is 0 Å². The first kappa shape index (κ1) is 8.75. The lowest BCUT2D eigenvalue weighted by Crippen LogP contribution is -2.24. The summed E-state index contributed by atoms with van der Waals surface area (Å²) >= 11 is 1.52. The highest BCUT2D eigenvalue weighted by Gasteiger charge is 2.21. The topological polar surface area (TPSA) is 29.1 Å². The van der Waals surface area contributed by atoms with Crippen LogP contribution < -0.4 is 5.32 Å². The molecule has 0 atom stereocenters. The molecule has 13 heavy (non-hydrogen) atoms. The van der Waals surface area contributed by atoms with Crippen LogP contribution in [-0.2, 0) is 0 Å². The summed E-state index contributed by atoms with van der Waals surface area (Å²) in [5.41, 5.74) is 1.17. The summed E-state index contributed by atoms with van der Waals surface area (Å²) in [7, 11) is 0. The Bertz CT molecular complexity index is 314. The minimum Gasteiger partial charge on any atom is -0.351 e. The molecule has 1 N–H and O–H groups in total. The Labute approximate surface area is 82.0 Å². The van der Waals surface area contributed by atoms with Gasteiger partial charge in [0.05, 0.1) is 4.88 Å². The molecule has 1 heterocycles. The number of hydrogen-bond donors (Lipinski definition) is 1. The Morgan fingerprint density at radius 2 is 2.46 bits per heavy atom. The fourth-order valence-corrected chi connectivity index (χ4v) is 2.01. The van der Waals surface area contributed by atoms with Crippen molar-refractivity contribution in [1.29, 1.82) is 0 Å². The molecule has 0 spiro atoms. The molecule has 1 amide bonds. The lowest BCUT2D eigenvalue weighted by molar-refractivity contribution is 0.0956. The van der Waals surface area contributed by atoms with Gasteiger partial charge in [-0.2, -0.15) is 0 Å². The highest BCUT2D eigenvalue weighted by atomic mass is 32.1. The van der Waals surface area contributed by atoms with Crippen molar-refractivity contribution >= 4 is 17.2 Å².